The van der Waals surface area contributed by atoms with Crippen LogP contribution in [0.2, 0.25) is 0 Å². The highest BCUT2D eigenvalue weighted by molar-refractivity contribution is 7.89. The second-order valence-corrected chi connectivity index (χ2v) is 11.6. The van der Waals surface area contributed by atoms with Gasteiger partial charge in [-0.05, 0) is 55.3 Å². The second kappa shape index (κ2) is 10.7. The largest absolute Gasteiger partial charge is 0.367 e. The molecule has 1 unspecified atom stereocenters. The molecule has 2 amide bonds. The average molecular weight is 540 g/mol. The summed E-state index contributed by atoms with van der Waals surface area (Å²) in [5.41, 5.74) is 2.07. The van der Waals surface area contributed by atoms with Crippen molar-refractivity contribution < 1.29 is 22.4 Å². The van der Waals surface area contributed by atoms with E-state index >= 15 is 0 Å². The monoisotopic (exact) mass is 539 g/mol. The number of rotatable bonds is 5. The summed E-state index contributed by atoms with van der Waals surface area (Å²) >= 11 is 0. The molecule has 5 rings (SSSR count). The Morgan fingerprint density at radius 2 is 1.74 bits per heavy atom. The number of anilines is 2. The van der Waals surface area contributed by atoms with Crippen LogP contribution in [0.4, 0.5) is 15.8 Å². The molecule has 0 radical (unpaired) electrons. The van der Waals surface area contributed by atoms with Crippen molar-refractivity contribution in [1.29, 1.82) is 0 Å². The predicted molar refractivity (Wildman–Crippen MR) is 143 cm³/mol. The highest BCUT2D eigenvalue weighted by Crippen LogP contribution is 2.29. The molecular formula is C27H30FN5O4S. The number of sulfonamides is 1. The van der Waals surface area contributed by atoms with Crippen LogP contribution in [0.25, 0.3) is 10.9 Å². The third-order valence-corrected chi connectivity index (χ3v) is 9.04. The number of nitrogens with zero attached hydrogens (tertiary/aromatic N) is 4. The summed E-state index contributed by atoms with van der Waals surface area (Å²) in [5.74, 6) is -0.980. The minimum Gasteiger partial charge on any atom is -0.367 e. The first-order chi connectivity index (χ1) is 18.2. The molecule has 9 nitrogen and oxygen atoms in total. The fraction of sp³-hybridized carbons (Fsp3) is 0.370. The van der Waals surface area contributed by atoms with Gasteiger partial charge in [0.15, 0.2) is 0 Å². The summed E-state index contributed by atoms with van der Waals surface area (Å²) in [4.78, 5) is 33.0. The van der Waals surface area contributed by atoms with Crippen molar-refractivity contribution >= 4 is 44.1 Å². The number of hydrogen-bond donors (Lipinski definition) is 1. The van der Waals surface area contributed by atoms with Gasteiger partial charge < -0.3 is 15.1 Å². The van der Waals surface area contributed by atoms with Gasteiger partial charge >= 0.3 is 0 Å². The van der Waals surface area contributed by atoms with Crippen LogP contribution in [0.3, 0.4) is 0 Å². The van der Waals surface area contributed by atoms with Crippen LogP contribution in [0.5, 0.6) is 0 Å². The van der Waals surface area contributed by atoms with Gasteiger partial charge in [-0.2, -0.15) is 4.31 Å². The number of aromatic nitrogens is 1. The van der Waals surface area contributed by atoms with Crippen molar-refractivity contribution in [2.75, 3.05) is 49.5 Å². The molecule has 1 atom stereocenters. The summed E-state index contributed by atoms with van der Waals surface area (Å²) in [6, 6.07) is 12.5. The Labute approximate surface area is 221 Å². The van der Waals surface area contributed by atoms with E-state index in [9.17, 15) is 22.4 Å². The van der Waals surface area contributed by atoms with Gasteiger partial charge in [-0.1, -0.05) is 0 Å². The van der Waals surface area contributed by atoms with Gasteiger partial charge in [0.2, 0.25) is 21.8 Å². The van der Waals surface area contributed by atoms with Crippen molar-refractivity contribution in [2.24, 2.45) is 5.92 Å². The highest BCUT2D eigenvalue weighted by atomic mass is 32.2. The lowest BCUT2D eigenvalue weighted by Crippen LogP contribution is -2.53. The molecular weight excluding hydrogens is 509 g/mol. The number of piperidine rings is 1. The Hall–Kier alpha value is -3.57. The van der Waals surface area contributed by atoms with Gasteiger partial charge in [0.1, 0.15) is 5.82 Å². The highest BCUT2D eigenvalue weighted by Gasteiger charge is 2.36. The summed E-state index contributed by atoms with van der Waals surface area (Å²) in [7, 11) is -3.76. The third kappa shape index (κ3) is 5.34. The average Bonchev–Trinajstić information content (AvgIpc) is 2.92. The molecule has 38 heavy (non-hydrogen) atoms. The molecule has 2 saturated heterocycles. The zero-order valence-corrected chi connectivity index (χ0v) is 22.0. The van der Waals surface area contributed by atoms with E-state index in [2.05, 4.69) is 15.2 Å². The maximum absolute atomic E-state index is 13.6. The predicted octanol–water partition coefficient (Wildman–Crippen LogP) is 3.08. The fourth-order valence-electron chi connectivity index (χ4n) is 5.23. The van der Waals surface area contributed by atoms with E-state index in [-0.39, 0.29) is 29.1 Å². The number of amides is 2. The first-order valence-electron chi connectivity index (χ1n) is 12.7. The Morgan fingerprint density at radius 3 is 2.45 bits per heavy atom. The molecule has 3 aromatic rings. The van der Waals surface area contributed by atoms with Gasteiger partial charge in [0.05, 0.1) is 16.3 Å². The molecule has 1 aromatic heterocycles. The Balaban J connectivity index is 1.22. The van der Waals surface area contributed by atoms with Crippen molar-refractivity contribution in [1.82, 2.24) is 14.2 Å². The minimum absolute atomic E-state index is 0.0211. The van der Waals surface area contributed by atoms with Crippen molar-refractivity contribution in [2.45, 2.75) is 24.7 Å². The van der Waals surface area contributed by atoms with Crippen LogP contribution in [0, 0.1) is 11.7 Å². The van der Waals surface area contributed by atoms with Gasteiger partial charge in [-0.3, -0.25) is 14.6 Å². The van der Waals surface area contributed by atoms with Crippen LogP contribution in [0.1, 0.15) is 19.8 Å². The topological polar surface area (TPSA) is 103 Å². The number of hydrogen-bond acceptors (Lipinski definition) is 6. The standard InChI is InChI=1S/C27H30FN5O4S/c1-19(34)30-22-5-7-23(8-6-22)38(36,37)33-12-2-3-20(18-33)27(35)32-15-13-31(14-16-32)26-10-11-29-25-17-21(28)4-9-24(25)26/h4-11,17,20H,2-3,12-16,18H2,1H3,(H,30,34). The number of pyridine rings is 1. The lowest BCUT2D eigenvalue weighted by molar-refractivity contribution is -0.137. The number of carbonyl (C=O) groups is 2. The van der Waals surface area contributed by atoms with Crippen molar-refractivity contribution in [3.8, 4) is 0 Å². The SMILES string of the molecule is CC(=O)Nc1ccc(S(=O)(=O)N2CCCC(C(=O)N3CCN(c4ccnc5cc(F)ccc45)CC3)C2)cc1. The van der Waals surface area contributed by atoms with E-state index in [1.807, 2.05) is 11.0 Å². The van der Waals surface area contributed by atoms with Crippen LogP contribution < -0.4 is 10.2 Å². The quantitative estimate of drug-likeness (QED) is 0.535. The maximum atomic E-state index is 13.6. The Morgan fingerprint density at radius 1 is 1.00 bits per heavy atom. The molecule has 2 aliphatic heterocycles. The first kappa shape index (κ1) is 26.1. The number of carbonyl (C=O) groups excluding carboxylic acids is 2. The van der Waals surface area contributed by atoms with Gasteiger partial charge in [0.25, 0.3) is 0 Å². The van der Waals surface area contributed by atoms with E-state index in [4.69, 9.17) is 0 Å². The molecule has 2 aliphatic rings. The number of fused-ring (bicyclic) bond motifs is 1. The van der Waals surface area contributed by atoms with Gasteiger partial charge in [0, 0.05) is 75.2 Å². The molecule has 2 aromatic carbocycles. The molecule has 0 bridgehead atoms. The maximum Gasteiger partial charge on any atom is 0.243 e. The van der Waals surface area contributed by atoms with E-state index < -0.39 is 15.9 Å². The summed E-state index contributed by atoms with van der Waals surface area (Å²) in [6.07, 6.45) is 2.92. The first-order valence-corrected chi connectivity index (χ1v) is 14.1. The molecule has 3 heterocycles. The smallest absolute Gasteiger partial charge is 0.243 e. The molecule has 2 fully saturated rings. The Kier molecular flexibility index (Phi) is 7.31. The van der Waals surface area contributed by atoms with Gasteiger partial charge in [-0.15, -0.1) is 0 Å². The summed E-state index contributed by atoms with van der Waals surface area (Å²) in [6.45, 7) is 4.20. The van der Waals surface area contributed by atoms with Gasteiger partial charge in [-0.25, -0.2) is 12.8 Å². The van der Waals surface area contributed by atoms with Crippen LogP contribution in [-0.2, 0) is 19.6 Å². The van der Waals surface area contributed by atoms with E-state index in [0.29, 0.717) is 56.8 Å². The fourth-order valence-corrected chi connectivity index (χ4v) is 6.76. The summed E-state index contributed by atoms with van der Waals surface area (Å²) in [5, 5.41) is 3.49. The third-order valence-electron chi connectivity index (χ3n) is 7.16. The molecule has 11 heteroatoms. The molecule has 0 saturated carbocycles. The number of benzene rings is 2. The Bertz CT molecular complexity index is 1460. The zero-order chi connectivity index (χ0) is 26.9. The summed E-state index contributed by atoms with van der Waals surface area (Å²) < 4.78 is 41.6. The molecule has 200 valence electrons. The second-order valence-electron chi connectivity index (χ2n) is 9.71. The molecule has 0 aliphatic carbocycles. The lowest BCUT2D eigenvalue weighted by atomic mass is 9.97. The van der Waals surface area contributed by atoms with Crippen molar-refractivity contribution in [3.63, 3.8) is 0 Å². The minimum atomic E-state index is -3.76. The number of piperazine rings is 1. The van der Waals surface area contributed by atoms with Crippen LogP contribution >= 0.6 is 0 Å². The molecule has 0 spiro atoms. The van der Waals surface area contributed by atoms with E-state index in [1.54, 1.807) is 24.4 Å². The zero-order valence-electron chi connectivity index (χ0n) is 21.1. The van der Waals surface area contributed by atoms with Crippen LogP contribution in [0.15, 0.2) is 59.6 Å². The number of nitrogens with one attached hydrogen (secondary N) is 1. The van der Waals surface area contributed by atoms with E-state index in [0.717, 1.165) is 11.1 Å². The van der Waals surface area contributed by atoms with Crippen LogP contribution in [-0.4, -0.2) is 73.7 Å². The molecule has 1 N–H and O–H groups in total. The number of halogens is 1. The normalized spacial score (nSPS) is 18.9. The van der Waals surface area contributed by atoms with Crippen molar-refractivity contribution in [3.05, 3.63) is 60.5 Å². The lowest BCUT2D eigenvalue weighted by Gasteiger charge is -2.39. The van der Waals surface area contributed by atoms with E-state index in [1.165, 1.54) is 35.5 Å².